The molecule has 6 rings (SSSR count). The Hall–Kier alpha value is -3.93. The summed E-state index contributed by atoms with van der Waals surface area (Å²) >= 11 is 0. The molecule has 1 aromatic carbocycles. The molecule has 2 fully saturated rings. The molecular weight excluding hydrogens is 489 g/mol. The molecule has 37 heavy (non-hydrogen) atoms. The van der Waals surface area contributed by atoms with E-state index in [0.29, 0.717) is 37.5 Å². The number of morpholine rings is 1. The van der Waals surface area contributed by atoms with Gasteiger partial charge in [0.2, 0.25) is 17.6 Å². The summed E-state index contributed by atoms with van der Waals surface area (Å²) < 4.78 is 53.8. The minimum atomic E-state index is -2.74. The molecule has 192 valence electrons. The van der Waals surface area contributed by atoms with E-state index in [1.165, 1.54) is 6.07 Å². The summed E-state index contributed by atoms with van der Waals surface area (Å²) in [6.45, 7) is 4.18. The summed E-state index contributed by atoms with van der Waals surface area (Å²) in [7, 11) is 0. The molecule has 1 aliphatic heterocycles. The number of primary amides is 1. The van der Waals surface area contributed by atoms with Crippen molar-refractivity contribution in [2.24, 2.45) is 5.73 Å². The first-order valence-corrected chi connectivity index (χ1v) is 11.9. The fourth-order valence-corrected chi connectivity index (χ4v) is 4.87. The second-order valence-electron chi connectivity index (χ2n) is 9.44. The first-order chi connectivity index (χ1) is 17.7. The van der Waals surface area contributed by atoms with Crippen LogP contribution in [0.5, 0.6) is 0 Å². The van der Waals surface area contributed by atoms with Crippen LogP contribution in [0.15, 0.2) is 35.0 Å². The molecule has 2 N–H and O–H groups in total. The number of carbonyl (C=O) groups is 1. The SMILES string of the molecule is Cc1c(F)cc(-c2noc(C3CC(F)(F)C3)n2)cc1-c1nc2ccc(N3CCOCC3)cn2c1C(N)=O. The molecule has 0 radical (unpaired) electrons. The largest absolute Gasteiger partial charge is 0.378 e. The molecule has 1 saturated carbocycles. The van der Waals surface area contributed by atoms with Gasteiger partial charge in [-0.25, -0.2) is 18.2 Å². The Morgan fingerprint density at radius 1 is 1.16 bits per heavy atom. The van der Waals surface area contributed by atoms with Gasteiger partial charge in [-0.15, -0.1) is 0 Å². The third-order valence-electron chi connectivity index (χ3n) is 6.95. The number of rotatable bonds is 5. The lowest BCUT2D eigenvalue weighted by atomic mass is 9.81. The van der Waals surface area contributed by atoms with Gasteiger partial charge in [0.1, 0.15) is 22.9 Å². The molecule has 2 aliphatic rings. The van der Waals surface area contributed by atoms with Crippen molar-refractivity contribution in [2.45, 2.75) is 31.6 Å². The van der Waals surface area contributed by atoms with E-state index < -0.39 is 23.6 Å². The molecule has 12 heteroatoms. The molecule has 9 nitrogen and oxygen atoms in total. The number of aromatic nitrogens is 4. The number of nitrogens with two attached hydrogens (primary N) is 1. The number of anilines is 1. The van der Waals surface area contributed by atoms with Crippen LogP contribution in [0.4, 0.5) is 18.9 Å². The zero-order valence-electron chi connectivity index (χ0n) is 19.9. The van der Waals surface area contributed by atoms with Gasteiger partial charge in [-0.05, 0) is 36.8 Å². The Morgan fingerprint density at radius 2 is 1.92 bits per heavy atom. The second-order valence-corrected chi connectivity index (χ2v) is 9.44. The van der Waals surface area contributed by atoms with E-state index in [2.05, 4.69) is 20.0 Å². The number of hydrogen-bond donors (Lipinski definition) is 1. The Morgan fingerprint density at radius 3 is 2.62 bits per heavy atom. The molecular formula is C25H23F3N6O3. The number of halogens is 3. The summed E-state index contributed by atoms with van der Waals surface area (Å²) in [4.78, 5) is 23.6. The first-order valence-electron chi connectivity index (χ1n) is 11.9. The monoisotopic (exact) mass is 512 g/mol. The zero-order valence-corrected chi connectivity index (χ0v) is 19.9. The van der Waals surface area contributed by atoms with Crippen LogP contribution in [-0.4, -0.2) is 57.7 Å². The predicted octanol–water partition coefficient (Wildman–Crippen LogP) is 3.95. The Kier molecular flexibility index (Phi) is 5.44. The van der Waals surface area contributed by atoms with Crippen LogP contribution in [0, 0.1) is 12.7 Å². The number of benzene rings is 1. The fraction of sp³-hybridized carbons (Fsp3) is 0.360. The van der Waals surface area contributed by atoms with Crippen LogP contribution in [0.1, 0.15) is 40.7 Å². The van der Waals surface area contributed by atoms with Crippen molar-refractivity contribution in [3.8, 4) is 22.6 Å². The van der Waals surface area contributed by atoms with Gasteiger partial charge in [-0.3, -0.25) is 9.20 Å². The number of imidazole rings is 1. The molecule has 4 aromatic rings. The average Bonchev–Trinajstić information content (AvgIpc) is 3.49. The zero-order chi connectivity index (χ0) is 25.9. The Bertz CT molecular complexity index is 1520. The second kappa shape index (κ2) is 8.58. The molecule has 1 saturated heterocycles. The van der Waals surface area contributed by atoms with Crippen LogP contribution in [0.25, 0.3) is 28.3 Å². The summed E-state index contributed by atoms with van der Waals surface area (Å²) in [5, 5.41) is 3.88. The maximum atomic E-state index is 15.1. The molecule has 0 spiro atoms. The first kappa shape index (κ1) is 23.5. The molecule has 0 bridgehead atoms. The third kappa shape index (κ3) is 4.10. The lowest BCUT2D eigenvalue weighted by Crippen LogP contribution is -2.36. The van der Waals surface area contributed by atoms with Crippen LogP contribution in [0.3, 0.4) is 0 Å². The maximum absolute atomic E-state index is 15.1. The molecule has 0 atom stereocenters. The van der Waals surface area contributed by atoms with Crippen molar-refractivity contribution < 1.29 is 27.2 Å². The number of fused-ring (bicyclic) bond motifs is 1. The van der Waals surface area contributed by atoms with Crippen molar-refractivity contribution in [3.05, 3.63) is 53.4 Å². The summed E-state index contributed by atoms with van der Waals surface area (Å²) in [5.74, 6) is -4.42. The summed E-state index contributed by atoms with van der Waals surface area (Å²) in [6, 6.07) is 6.51. The highest BCUT2D eigenvalue weighted by Gasteiger charge is 2.48. The highest BCUT2D eigenvalue weighted by atomic mass is 19.3. The standard InChI is InChI=1S/C25H23F3N6O3/c1-13-17(8-14(9-18(13)26)23-31-24(37-32-23)15-10-25(27,28)11-15)20-21(22(29)35)34-12-16(2-3-19(34)30-20)33-4-6-36-7-5-33/h2-3,8-9,12,15H,4-7,10-11H2,1H3,(H2,29,35). The Labute approximate surface area is 209 Å². The van der Waals surface area contributed by atoms with Gasteiger partial charge in [0.05, 0.1) is 18.9 Å². The van der Waals surface area contributed by atoms with E-state index in [1.807, 2.05) is 6.07 Å². The van der Waals surface area contributed by atoms with E-state index in [1.54, 1.807) is 29.7 Å². The number of alkyl halides is 2. The van der Waals surface area contributed by atoms with Gasteiger partial charge in [0.15, 0.2) is 0 Å². The highest BCUT2D eigenvalue weighted by molar-refractivity contribution is 5.99. The predicted molar refractivity (Wildman–Crippen MR) is 127 cm³/mol. The maximum Gasteiger partial charge on any atom is 0.268 e. The van der Waals surface area contributed by atoms with Crippen LogP contribution >= 0.6 is 0 Å². The van der Waals surface area contributed by atoms with Crippen molar-refractivity contribution in [1.82, 2.24) is 19.5 Å². The van der Waals surface area contributed by atoms with Gasteiger partial charge in [0, 0.05) is 49.2 Å². The topological polar surface area (TPSA) is 112 Å². The summed E-state index contributed by atoms with van der Waals surface area (Å²) in [6.07, 6.45) is 1.06. The van der Waals surface area contributed by atoms with Crippen molar-refractivity contribution in [1.29, 1.82) is 0 Å². The number of pyridine rings is 1. The quantitative estimate of drug-likeness (QED) is 0.431. The fourth-order valence-electron chi connectivity index (χ4n) is 4.87. The van der Waals surface area contributed by atoms with Gasteiger partial charge in [0.25, 0.3) is 5.91 Å². The van der Waals surface area contributed by atoms with E-state index in [0.717, 1.165) is 5.69 Å². The van der Waals surface area contributed by atoms with Gasteiger partial charge in [-0.2, -0.15) is 4.98 Å². The highest BCUT2D eigenvalue weighted by Crippen LogP contribution is 2.48. The molecule has 4 heterocycles. The van der Waals surface area contributed by atoms with Crippen molar-refractivity contribution in [3.63, 3.8) is 0 Å². The van der Waals surface area contributed by atoms with Gasteiger partial charge < -0.3 is 19.9 Å². The molecule has 3 aromatic heterocycles. The van der Waals surface area contributed by atoms with Gasteiger partial charge >= 0.3 is 0 Å². The number of ether oxygens (including phenoxy) is 1. The van der Waals surface area contributed by atoms with Gasteiger partial charge in [-0.1, -0.05) is 5.16 Å². The average molecular weight is 512 g/mol. The van der Waals surface area contributed by atoms with Crippen molar-refractivity contribution in [2.75, 3.05) is 31.2 Å². The van der Waals surface area contributed by atoms with Crippen LogP contribution in [0.2, 0.25) is 0 Å². The number of amides is 1. The molecule has 1 amide bonds. The normalized spacial score (nSPS) is 17.8. The lowest BCUT2D eigenvalue weighted by Gasteiger charge is -2.31. The third-order valence-corrected chi connectivity index (χ3v) is 6.95. The molecule has 1 aliphatic carbocycles. The van der Waals surface area contributed by atoms with Crippen LogP contribution in [-0.2, 0) is 4.74 Å². The van der Waals surface area contributed by atoms with E-state index in [9.17, 15) is 13.6 Å². The van der Waals surface area contributed by atoms with Crippen molar-refractivity contribution >= 4 is 17.2 Å². The lowest BCUT2D eigenvalue weighted by molar-refractivity contribution is -0.0925. The number of hydrogen-bond acceptors (Lipinski definition) is 7. The van der Waals surface area contributed by atoms with E-state index in [4.69, 9.17) is 15.0 Å². The molecule has 0 unspecified atom stereocenters. The van der Waals surface area contributed by atoms with Crippen LogP contribution < -0.4 is 10.6 Å². The number of nitrogens with zero attached hydrogens (tertiary/aromatic N) is 5. The van der Waals surface area contributed by atoms with E-state index in [-0.39, 0.29) is 47.1 Å². The number of carbonyl (C=O) groups excluding carboxylic acids is 1. The Balaban J connectivity index is 1.43. The van der Waals surface area contributed by atoms with E-state index >= 15 is 4.39 Å². The minimum Gasteiger partial charge on any atom is -0.378 e. The minimum absolute atomic E-state index is 0.0596. The smallest absolute Gasteiger partial charge is 0.268 e. The summed E-state index contributed by atoms with van der Waals surface area (Å²) in [5.41, 5.74) is 8.30.